The Labute approximate surface area is 148 Å². The molecule has 0 N–H and O–H groups in total. The average molecular weight is 354 g/mol. The molecule has 0 spiro atoms. The van der Waals surface area contributed by atoms with Gasteiger partial charge in [-0.25, -0.2) is 8.78 Å². The summed E-state index contributed by atoms with van der Waals surface area (Å²) in [5, 5.41) is 0. The molecule has 1 aliphatic heterocycles. The summed E-state index contributed by atoms with van der Waals surface area (Å²) in [6.45, 7) is 2.31. The number of hydrogen-bond acceptors (Lipinski definition) is 3. The lowest BCUT2D eigenvalue weighted by molar-refractivity contribution is -0.229. The monoisotopic (exact) mass is 354 g/mol. The molecule has 0 bridgehead atoms. The second-order valence-electron chi connectivity index (χ2n) is 7.32. The first kappa shape index (κ1) is 18.7. The summed E-state index contributed by atoms with van der Waals surface area (Å²) in [5.41, 5.74) is 0.904. The van der Waals surface area contributed by atoms with Gasteiger partial charge < -0.3 is 14.2 Å². The van der Waals surface area contributed by atoms with Crippen molar-refractivity contribution < 1.29 is 23.0 Å². The number of halogens is 2. The first-order chi connectivity index (χ1) is 12.2. The number of methoxy groups -OCH3 is 1. The molecule has 3 rings (SSSR count). The normalized spacial score (nSPS) is 30.4. The molecule has 2 fully saturated rings. The van der Waals surface area contributed by atoms with Gasteiger partial charge in [0.25, 0.3) is 0 Å². The molecule has 2 aliphatic rings. The van der Waals surface area contributed by atoms with E-state index in [2.05, 4.69) is 0 Å². The highest BCUT2D eigenvalue weighted by atomic mass is 19.2. The van der Waals surface area contributed by atoms with Crippen LogP contribution in [0.15, 0.2) is 18.2 Å². The van der Waals surface area contributed by atoms with E-state index in [1.807, 2.05) is 0 Å². The van der Waals surface area contributed by atoms with Gasteiger partial charge in [-0.05, 0) is 62.1 Å². The van der Waals surface area contributed by atoms with Crippen molar-refractivity contribution in [3.05, 3.63) is 35.4 Å². The van der Waals surface area contributed by atoms with Crippen LogP contribution in [0.25, 0.3) is 0 Å². The molecule has 1 aromatic rings. The molecule has 0 unspecified atom stereocenters. The largest absolute Gasteiger partial charge is 0.385 e. The van der Waals surface area contributed by atoms with Crippen LogP contribution in [0, 0.1) is 23.5 Å². The maximum absolute atomic E-state index is 13.4. The van der Waals surface area contributed by atoms with Gasteiger partial charge in [-0.3, -0.25) is 0 Å². The Balaban J connectivity index is 1.43. The summed E-state index contributed by atoms with van der Waals surface area (Å²) >= 11 is 0. The smallest absolute Gasteiger partial charge is 0.160 e. The molecule has 25 heavy (non-hydrogen) atoms. The van der Waals surface area contributed by atoms with Gasteiger partial charge in [0.1, 0.15) is 0 Å². The van der Waals surface area contributed by atoms with E-state index >= 15 is 0 Å². The van der Waals surface area contributed by atoms with Gasteiger partial charge in [-0.2, -0.15) is 0 Å². The molecule has 1 heterocycles. The first-order valence-electron chi connectivity index (χ1n) is 9.34. The molecular formula is C20H28F2O3. The molecule has 0 radical (unpaired) electrons. The molecule has 140 valence electrons. The van der Waals surface area contributed by atoms with E-state index < -0.39 is 11.6 Å². The maximum atomic E-state index is 13.4. The summed E-state index contributed by atoms with van der Waals surface area (Å²) in [7, 11) is 1.72. The predicted molar refractivity (Wildman–Crippen MR) is 91.3 cm³/mol. The highest BCUT2D eigenvalue weighted by Crippen LogP contribution is 2.39. The average Bonchev–Trinajstić information content (AvgIpc) is 2.65. The van der Waals surface area contributed by atoms with Gasteiger partial charge in [-0.1, -0.05) is 6.07 Å². The van der Waals surface area contributed by atoms with Crippen LogP contribution in [0.5, 0.6) is 0 Å². The Kier molecular flexibility index (Phi) is 6.79. The topological polar surface area (TPSA) is 27.7 Å². The SMILES string of the molecule is COCCCC1COC(C2CCC(c3ccc(F)c(F)c3)CC2)OC1. The number of rotatable bonds is 6. The van der Waals surface area contributed by atoms with E-state index in [-0.39, 0.29) is 6.29 Å². The van der Waals surface area contributed by atoms with Gasteiger partial charge in [0.2, 0.25) is 0 Å². The second-order valence-corrected chi connectivity index (χ2v) is 7.32. The zero-order valence-corrected chi connectivity index (χ0v) is 14.9. The van der Waals surface area contributed by atoms with Crippen LogP contribution in [0.4, 0.5) is 8.78 Å². The van der Waals surface area contributed by atoms with Crippen LogP contribution in [0.3, 0.4) is 0 Å². The lowest BCUT2D eigenvalue weighted by Crippen LogP contribution is -2.38. The molecule has 0 atom stereocenters. The molecule has 0 amide bonds. The molecular weight excluding hydrogens is 326 g/mol. The first-order valence-corrected chi connectivity index (χ1v) is 9.34. The van der Waals surface area contributed by atoms with E-state index in [9.17, 15) is 8.78 Å². The standard InChI is InChI=1S/C20H28F2O3/c1-23-10-2-3-14-12-24-20(25-13-14)16-6-4-15(5-7-16)17-8-9-18(21)19(22)11-17/h8-9,11,14-16,20H,2-7,10,12-13H2,1H3. The Morgan fingerprint density at radius 2 is 1.76 bits per heavy atom. The van der Waals surface area contributed by atoms with E-state index in [0.29, 0.717) is 17.8 Å². The lowest BCUT2D eigenvalue weighted by atomic mass is 9.78. The van der Waals surface area contributed by atoms with Crippen LogP contribution in [0.1, 0.15) is 50.0 Å². The van der Waals surface area contributed by atoms with Gasteiger partial charge in [-0.15, -0.1) is 0 Å². The molecule has 1 aromatic carbocycles. The number of benzene rings is 1. The van der Waals surface area contributed by atoms with Gasteiger partial charge in [0.05, 0.1) is 13.2 Å². The van der Waals surface area contributed by atoms with Crippen molar-refractivity contribution in [1.82, 2.24) is 0 Å². The molecule has 1 saturated carbocycles. The van der Waals surface area contributed by atoms with Crippen LogP contribution >= 0.6 is 0 Å². The molecule has 5 heteroatoms. The van der Waals surface area contributed by atoms with Gasteiger partial charge >= 0.3 is 0 Å². The minimum absolute atomic E-state index is 0.107. The van der Waals surface area contributed by atoms with Crippen molar-refractivity contribution in [3.8, 4) is 0 Å². The molecule has 1 saturated heterocycles. The second kappa shape index (κ2) is 9.06. The Hall–Kier alpha value is -1.04. The third-order valence-corrected chi connectivity index (χ3v) is 5.53. The van der Waals surface area contributed by atoms with Gasteiger partial charge in [0, 0.05) is 25.6 Å². The van der Waals surface area contributed by atoms with Crippen LogP contribution in [-0.4, -0.2) is 33.2 Å². The Bertz CT molecular complexity index is 536. The van der Waals surface area contributed by atoms with Crippen molar-refractivity contribution >= 4 is 0 Å². The minimum Gasteiger partial charge on any atom is -0.385 e. The van der Waals surface area contributed by atoms with Crippen molar-refractivity contribution in [2.75, 3.05) is 26.9 Å². The lowest BCUT2D eigenvalue weighted by Gasteiger charge is -2.37. The van der Waals surface area contributed by atoms with E-state index in [0.717, 1.165) is 63.9 Å². The maximum Gasteiger partial charge on any atom is 0.160 e. The van der Waals surface area contributed by atoms with E-state index in [4.69, 9.17) is 14.2 Å². The van der Waals surface area contributed by atoms with Crippen molar-refractivity contribution in [1.29, 1.82) is 0 Å². The highest BCUT2D eigenvalue weighted by molar-refractivity contribution is 5.22. The summed E-state index contributed by atoms with van der Waals surface area (Å²) in [5.74, 6) is -0.359. The van der Waals surface area contributed by atoms with E-state index in [1.54, 1.807) is 13.2 Å². The quantitative estimate of drug-likeness (QED) is 0.696. The zero-order valence-electron chi connectivity index (χ0n) is 14.9. The summed E-state index contributed by atoms with van der Waals surface area (Å²) < 4.78 is 43.5. The van der Waals surface area contributed by atoms with Crippen LogP contribution in [0.2, 0.25) is 0 Å². The molecule has 0 aromatic heterocycles. The third-order valence-electron chi connectivity index (χ3n) is 5.53. The fraction of sp³-hybridized carbons (Fsp3) is 0.700. The predicted octanol–water partition coefficient (Wildman–Crippen LogP) is 4.65. The third kappa shape index (κ3) is 4.99. The van der Waals surface area contributed by atoms with Crippen molar-refractivity contribution in [3.63, 3.8) is 0 Å². The van der Waals surface area contributed by atoms with Crippen LogP contribution in [-0.2, 0) is 14.2 Å². The minimum atomic E-state index is -0.776. The van der Waals surface area contributed by atoms with E-state index in [1.165, 1.54) is 12.1 Å². The zero-order chi connectivity index (χ0) is 17.6. The molecule has 3 nitrogen and oxygen atoms in total. The van der Waals surface area contributed by atoms with Gasteiger partial charge in [0.15, 0.2) is 17.9 Å². The highest BCUT2D eigenvalue weighted by Gasteiger charge is 2.32. The number of ether oxygens (including phenoxy) is 3. The summed E-state index contributed by atoms with van der Waals surface area (Å²) in [6.07, 6.45) is 5.95. The van der Waals surface area contributed by atoms with Crippen LogP contribution < -0.4 is 0 Å². The summed E-state index contributed by atoms with van der Waals surface area (Å²) in [4.78, 5) is 0. The Morgan fingerprint density at radius 3 is 2.40 bits per heavy atom. The molecule has 1 aliphatic carbocycles. The number of hydrogen-bond donors (Lipinski definition) is 0. The fourth-order valence-electron chi connectivity index (χ4n) is 4.00. The van der Waals surface area contributed by atoms with Crippen molar-refractivity contribution in [2.45, 2.75) is 50.7 Å². The van der Waals surface area contributed by atoms with Crippen molar-refractivity contribution in [2.24, 2.45) is 11.8 Å². The Morgan fingerprint density at radius 1 is 1.04 bits per heavy atom. The fourth-order valence-corrected chi connectivity index (χ4v) is 4.00. The summed E-state index contributed by atoms with van der Waals surface area (Å²) in [6, 6.07) is 4.29.